The quantitative estimate of drug-likeness (QED) is 0.270. The number of ether oxygens (including phenoxy) is 3. The number of fused-ring (bicyclic) bond motifs is 1. The normalized spacial score (nSPS) is 10.8. The molecule has 7 nitrogen and oxygen atoms in total. The molecule has 0 N–H and O–H groups in total. The smallest absolute Gasteiger partial charge is 0.348 e. The molecule has 2 aromatic carbocycles. The average Bonchev–Trinajstić information content (AvgIpc) is 3.17. The van der Waals surface area contributed by atoms with E-state index < -0.39 is 5.97 Å². The molecule has 0 unspecified atom stereocenters. The first kappa shape index (κ1) is 22.5. The highest BCUT2D eigenvalue weighted by molar-refractivity contribution is 7.20. The molecule has 170 valence electrons. The Kier molecular flexibility index (Phi) is 7.04. The van der Waals surface area contributed by atoms with Crippen molar-refractivity contribution < 1.29 is 19.0 Å². The first-order valence-electron chi connectivity index (χ1n) is 10.6. The Bertz CT molecular complexity index is 1300. The van der Waals surface area contributed by atoms with Crippen molar-refractivity contribution in [3.63, 3.8) is 0 Å². The van der Waals surface area contributed by atoms with Crippen LogP contribution in [-0.2, 0) is 11.3 Å². The molecule has 0 saturated heterocycles. The van der Waals surface area contributed by atoms with Gasteiger partial charge in [0.05, 0.1) is 18.3 Å². The molecular formula is C25H24N2O5S. The molecular weight excluding hydrogens is 440 g/mol. The SMILES string of the molecule is Cc1ccc(OCCn2cnc3sc(C(=O)OCCOc4ccccc4)c(C)c3c2=O)cc1. The largest absolute Gasteiger partial charge is 0.492 e. The van der Waals surface area contributed by atoms with Gasteiger partial charge >= 0.3 is 5.97 Å². The third-order valence-electron chi connectivity index (χ3n) is 5.05. The van der Waals surface area contributed by atoms with Gasteiger partial charge in [-0.2, -0.15) is 0 Å². The zero-order valence-corrected chi connectivity index (χ0v) is 19.3. The standard InChI is InChI=1S/C25H24N2O5S/c1-17-8-10-20(11-9-17)30-13-12-27-16-26-23-21(24(27)28)18(2)22(33-23)25(29)32-15-14-31-19-6-4-3-5-7-19/h3-11,16H,12-15H2,1-2H3. The lowest BCUT2D eigenvalue weighted by atomic mass is 10.2. The van der Waals surface area contributed by atoms with Crippen LogP contribution in [0.5, 0.6) is 11.5 Å². The van der Waals surface area contributed by atoms with E-state index >= 15 is 0 Å². The molecule has 33 heavy (non-hydrogen) atoms. The third kappa shape index (κ3) is 5.40. The van der Waals surface area contributed by atoms with Crippen LogP contribution in [0.25, 0.3) is 10.2 Å². The predicted molar refractivity (Wildman–Crippen MR) is 128 cm³/mol. The molecule has 4 rings (SSSR count). The fourth-order valence-electron chi connectivity index (χ4n) is 3.29. The van der Waals surface area contributed by atoms with Gasteiger partial charge in [-0.1, -0.05) is 35.9 Å². The Labute approximate surface area is 195 Å². The summed E-state index contributed by atoms with van der Waals surface area (Å²) < 4.78 is 18.1. The van der Waals surface area contributed by atoms with Gasteiger partial charge in [0.1, 0.15) is 41.0 Å². The molecule has 0 spiro atoms. The number of hydrogen-bond acceptors (Lipinski definition) is 7. The number of rotatable bonds is 9. The molecule has 0 aliphatic heterocycles. The Hall–Kier alpha value is -3.65. The fraction of sp³-hybridized carbons (Fsp3) is 0.240. The van der Waals surface area contributed by atoms with Crippen molar-refractivity contribution in [1.82, 2.24) is 9.55 Å². The van der Waals surface area contributed by atoms with Crippen molar-refractivity contribution in [2.75, 3.05) is 19.8 Å². The Morgan fingerprint density at radius 2 is 1.64 bits per heavy atom. The summed E-state index contributed by atoms with van der Waals surface area (Å²) in [5, 5.41) is 0.435. The van der Waals surface area contributed by atoms with Gasteiger partial charge in [0, 0.05) is 0 Å². The number of esters is 1. The van der Waals surface area contributed by atoms with Crippen molar-refractivity contribution >= 4 is 27.5 Å². The highest BCUT2D eigenvalue weighted by atomic mass is 32.1. The summed E-state index contributed by atoms with van der Waals surface area (Å²) in [6.07, 6.45) is 1.49. The van der Waals surface area contributed by atoms with E-state index in [1.54, 1.807) is 6.92 Å². The maximum absolute atomic E-state index is 13.0. The number of nitrogens with zero attached hydrogens (tertiary/aromatic N) is 2. The number of hydrogen-bond donors (Lipinski definition) is 0. The number of thiophene rings is 1. The van der Waals surface area contributed by atoms with E-state index in [9.17, 15) is 9.59 Å². The maximum Gasteiger partial charge on any atom is 0.348 e. The molecule has 0 radical (unpaired) electrons. The van der Waals surface area contributed by atoms with E-state index in [4.69, 9.17) is 14.2 Å². The topological polar surface area (TPSA) is 79.7 Å². The second-order valence-corrected chi connectivity index (χ2v) is 8.44. The Morgan fingerprint density at radius 3 is 2.39 bits per heavy atom. The van der Waals surface area contributed by atoms with Crippen LogP contribution in [-0.4, -0.2) is 35.3 Å². The highest BCUT2D eigenvalue weighted by Gasteiger charge is 2.20. The Balaban J connectivity index is 1.39. The third-order valence-corrected chi connectivity index (χ3v) is 6.23. The number of aromatic nitrogens is 2. The lowest BCUT2D eigenvalue weighted by Crippen LogP contribution is -2.23. The van der Waals surface area contributed by atoms with E-state index in [1.807, 2.05) is 61.5 Å². The molecule has 4 aromatic rings. The van der Waals surface area contributed by atoms with E-state index in [-0.39, 0.29) is 18.8 Å². The first-order valence-corrected chi connectivity index (χ1v) is 11.4. The molecule has 0 atom stereocenters. The van der Waals surface area contributed by atoms with E-state index in [1.165, 1.54) is 10.9 Å². The first-order chi connectivity index (χ1) is 16.0. The van der Waals surface area contributed by atoms with Gasteiger partial charge in [-0.3, -0.25) is 9.36 Å². The van der Waals surface area contributed by atoms with Crippen molar-refractivity contribution in [2.24, 2.45) is 0 Å². The van der Waals surface area contributed by atoms with E-state index in [0.29, 0.717) is 39.6 Å². The van der Waals surface area contributed by atoms with Gasteiger partial charge in [-0.15, -0.1) is 11.3 Å². The molecule has 2 heterocycles. The second-order valence-electron chi connectivity index (χ2n) is 7.44. The van der Waals surface area contributed by atoms with Crippen LogP contribution in [0.1, 0.15) is 20.8 Å². The number of para-hydroxylation sites is 1. The molecule has 0 saturated carbocycles. The maximum atomic E-state index is 13.0. The fourth-order valence-corrected chi connectivity index (χ4v) is 4.32. The van der Waals surface area contributed by atoms with Gasteiger partial charge < -0.3 is 14.2 Å². The molecule has 2 aromatic heterocycles. The number of benzene rings is 2. The van der Waals surface area contributed by atoms with Crippen LogP contribution in [0.4, 0.5) is 0 Å². The average molecular weight is 465 g/mol. The zero-order chi connectivity index (χ0) is 23.2. The molecule has 0 aliphatic rings. The van der Waals surface area contributed by atoms with Crippen LogP contribution in [0.2, 0.25) is 0 Å². The summed E-state index contributed by atoms with van der Waals surface area (Å²) in [5.41, 5.74) is 1.53. The lowest BCUT2D eigenvalue weighted by Gasteiger charge is -2.08. The van der Waals surface area contributed by atoms with Crippen LogP contribution < -0.4 is 15.0 Å². The van der Waals surface area contributed by atoms with Gasteiger partial charge in [-0.05, 0) is 43.7 Å². The minimum absolute atomic E-state index is 0.107. The summed E-state index contributed by atoms with van der Waals surface area (Å²) in [6, 6.07) is 17.0. The lowest BCUT2D eigenvalue weighted by molar-refractivity contribution is 0.0455. The van der Waals surface area contributed by atoms with Crippen molar-refractivity contribution in [1.29, 1.82) is 0 Å². The van der Waals surface area contributed by atoms with Crippen molar-refractivity contribution in [2.45, 2.75) is 20.4 Å². The summed E-state index contributed by atoms with van der Waals surface area (Å²) >= 11 is 1.16. The zero-order valence-electron chi connectivity index (χ0n) is 18.4. The van der Waals surface area contributed by atoms with Crippen LogP contribution in [0.3, 0.4) is 0 Å². The van der Waals surface area contributed by atoms with Crippen LogP contribution in [0.15, 0.2) is 65.7 Å². The minimum Gasteiger partial charge on any atom is -0.492 e. The summed E-state index contributed by atoms with van der Waals surface area (Å²) in [6.45, 7) is 4.78. The molecule has 0 aliphatic carbocycles. The number of carbonyl (C=O) groups excluding carboxylic acids is 1. The second kappa shape index (κ2) is 10.3. The predicted octanol–water partition coefficient (Wildman–Crippen LogP) is 4.39. The number of carbonyl (C=O) groups is 1. The summed E-state index contributed by atoms with van der Waals surface area (Å²) in [7, 11) is 0. The van der Waals surface area contributed by atoms with Gasteiger partial charge in [0.15, 0.2) is 0 Å². The minimum atomic E-state index is -0.485. The molecule has 8 heteroatoms. The van der Waals surface area contributed by atoms with E-state index in [2.05, 4.69) is 4.98 Å². The van der Waals surface area contributed by atoms with E-state index in [0.717, 1.165) is 22.6 Å². The number of aryl methyl sites for hydroxylation is 2. The monoisotopic (exact) mass is 464 g/mol. The van der Waals surface area contributed by atoms with Crippen LogP contribution >= 0.6 is 11.3 Å². The summed E-state index contributed by atoms with van der Waals surface area (Å²) in [5.74, 6) is 0.971. The van der Waals surface area contributed by atoms with Crippen molar-refractivity contribution in [3.05, 3.63) is 87.3 Å². The highest BCUT2D eigenvalue weighted by Crippen LogP contribution is 2.27. The van der Waals surface area contributed by atoms with Crippen molar-refractivity contribution in [3.8, 4) is 11.5 Å². The van der Waals surface area contributed by atoms with Gasteiger partial charge in [0.25, 0.3) is 5.56 Å². The molecule has 0 fully saturated rings. The Morgan fingerprint density at radius 1 is 0.939 bits per heavy atom. The van der Waals surface area contributed by atoms with Gasteiger partial charge in [-0.25, -0.2) is 9.78 Å². The summed E-state index contributed by atoms with van der Waals surface area (Å²) in [4.78, 5) is 30.8. The van der Waals surface area contributed by atoms with Gasteiger partial charge in [0.2, 0.25) is 0 Å². The molecule has 0 bridgehead atoms. The van der Waals surface area contributed by atoms with Crippen LogP contribution in [0, 0.1) is 13.8 Å². The molecule has 0 amide bonds.